The molecular formula is C16H23FN2. The lowest BCUT2D eigenvalue weighted by atomic mass is 9.97. The Kier molecular flexibility index (Phi) is 4.59. The summed E-state index contributed by atoms with van der Waals surface area (Å²) in [5.41, 5.74) is 8.82. The lowest BCUT2D eigenvalue weighted by molar-refractivity contribution is 0.441. The predicted molar refractivity (Wildman–Crippen MR) is 78.1 cm³/mol. The van der Waals surface area contributed by atoms with Crippen molar-refractivity contribution in [2.75, 3.05) is 0 Å². The average molecular weight is 262 g/mol. The number of nitrogens with two attached hydrogens (primary N) is 1. The summed E-state index contributed by atoms with van der Waals surface area (Å²) < 4.78 is 13.4. The predicted octanol–water partition coefficient (Wildman–Crippen LogP) is 3.49. The van der Waals surface area contributed by atoms with Crippen molar-refractivity contribution in [2.45, 2.75) is 51.6 Å². The Morgan fingerprint density at radius 1 is 1.26 bits per heavy atom. The third-order valence-electron chi connectivity index (χ3n) is 3.89. The summed E-state index contributed by atoms with van der Waals surface area (Å²) in [6.45, 7) is 6.13. The fourth-order valence-corrected chi connectivity index (χ4v) is 2.62. The maximum absolute atomic E-state index is 13.4. The molecule has 0 spiro atoms. The van der Waals surface area contributed by atoms with Crippen LogP contribution < -0.4 is 11.1 Å². The Morgan fingerprint density at radius 2 is 1.95 bits per heavy atom. The maximum Gasteiger partial charge on any atom is 0.131 e. The summed E-state index contributed by atoms with van der Waals surface area (Å²) in [6, 6.07) is 4.23. The molecule has 3 heteroatoms. The lowest BCUT2D eigenvalue weighted by Gasteiger charge is -2.15. The highest BCUT2D eigenvalue weighted by Crippen LogP contribution is 2.26. The van der Waals surface area contributed by atoms with E-state index in [2.05, 4.69) is 11.9 Å². The van der Waals surface area contributed by atoms with E-state index in [1.165, 1.54) is 32.1 Å². The van der Waals surface area contributed by atoms with Gasteiger partial charge in [0, 0.05) is 29.4 Å². The molecule has 0 atom stereocenters. The first-order valence-electron chi connectivity index (χ1n) is 7.06. The van der Waals surface area contributed by atoms with Gasteiger partial charge in [0.15, 0.2) is 0 Å². The van der Waals surface area contributed by atoms with Crippen LogP contribution in [0.3, 0.4) is 0 Å². The normalized spacial score (nSPS) is 18.4. The van der Waals surface area contributed by atoms with Crippen LogP contribution in [-0.4, -0.2) is 6.04 Å². The lowest BCUT2D eigenvalue weighted by Crippen LogP contribution is -2.22. The number of rotatable bonds is 0. The quantitative estimate of drug-likeness (QED) is 0.751. The molecule has 1 fully saturated rings. The molecule has 0 bridgehead atoms. The van der Waals surface area contributed by atoms with E-state index in [-0.39, 0.29) is 5.82 Å². The fourth-order valence-electron chi connectivity index (χ4n) is 2.62. The van der Waals surface area contributed by atoms with Gasteiger partial charge in [0.2, 0.25) is 0 Å². The molecule has 1 aromatic rings. The molecule has 2 nitrogen and oxygen atoms in total. The van der Waals surface area contributed by atoms with Crippen molar-refractivity contribution in [1.82, 2.24) is 5.32 Å². The van der Waals surface area contributed by atoms with Gasteiger partial charge in [-0.3, -0.25) is 0 Å². The number of fused-ring (bicyclic) bond motifs is 1. The second kappa shape index (κ2) is 6.20. The number of halogens is 1. The third-order valence-corrected chi connectivity index (χ3v) is 3.89. The monoisotopic (exact) mass is 262 g/mol. The first kappa shape index (κ1) is 14.1. The summed E-state index contributed by atoms with van der Waals surface area (Å²) in [5, 5.41) is 3.02. The number of hydrogen-bond donors (Lipinski definition) is 2. The molecule has 0 aromatic heterocycles. The molecule has 19 heavy (non-hydrogen) atoms. The molecule has 1 saturated carbocycles. The Morgan fingerprint density at radius 3 is 2.53 bits per heavy atom. The Labute approximate surface area is 114 Å². The standard InChI is InChI=1S/C10H10FN.C6H13N/c1-6-3-4-8-7(2)12-5-9(8)10(6)11;7-6-4-2-1-3-5-6/h3-4,12H,2,5H2,1H3;6H,1-5,7H2. The summed E-state index contributed by atoms with van der Waals surface area (Å²) >= 11 is 0. The van der Waals surface area contributed by atoms with E-state index in [1.807, 2.05) is 6.07 Å². The van der Waals surface area contributed by atoms with E-state index in [0.717, 1.165) is 16.8 Å². The first-order valence-corrected chi connectivity index (χ1v) is 7.06. The molecular weight excluding hydrogens is 239 g/mol. The highest BCUT2D eigenvalue weighted by atomic mass is 19.1. The number of benzene rings is 1. The van der Waals surface area contributed by atoms with Crippen LogP contribution in [0.2, 0.25) is 0 Å². The molecule has 3 N–H and O–H groups in total. The largest absolute Gasteiger partial charge is 0.381 e. The van der Waals surface area contributed by atoms with E-state index in [9.17, 15) is 4.39 Å². The van der Waals surface area contributed by atoms with Gasteiger partial charge < -0.3 is 11.1 Å². The van der Waals surface area contributed by atoms with Crippen LogP contribution in [-0.2, 0) is 6.54 Å². The van der Waals surface area contributed by atoms with Crippen molar-refractivity contribution in [3.05, 3.63) is 41.2 Å². The molecule has 1 aliphatic carbocycles. The zero-order chi connectivity index (χ0) is 13.8. The van der Waals surface area contributed by atoms with Crippen molar-refractivity contribution in [3.8, 4) is 0 Å². The van der Waals surface area contributed by atoms with E-state index in [0.29, 0.717) is 18.2 Å². The van der Waals surface area contributed by atoms with Crippen molar-refractivity contribution < 1.29 is 4.39 Å². The highest BCUT2D eigenvalue weighted by molar-refractivity contribution is 5.69. The van der Waals surface area contributed by atoms with Crippen LogP contribution in [0.4, 0.5) is 4.39 Å². The molecule has 3 rings (SSSR count). The van der Waals surface area contributed by atoms with Crippen LogP contribution in [0.1, 0.15) is 48.8 Å². The fraction of sp³-hybridized carbons (Fsp3) is 0.500. The first-order chi connectivity index (χ1) is 9.09. The molecule has 0 unspecified atom stereocenters. The average Bonchev–Trinajstić information content (AvgIpc) is 2.78. The summed E-state index contributed by atoms with van der Waals surface area (Å²) in [4.78, 5) is 0. The molecule has 1 aliphatic heterocycles. The molecule has 1 aromatic carbocycles. The van der Waals surface area contributed by atoms with Crippen molar-refractivity contribution >= 4 is 5.70 Å². The van der Waals surface area contributed by atoms with Crippen LogP contribution in [0.15, 0.2) is 18.7 Å². The number of aryl methyl sites for hydroxylation is 1. The van der Waals surface area contributed by atoms with Gasteiger partial charge in [-0.25, -0.2) is 4.39 Å². The molecule has 1 heterocycles. The molecule has 0 radical (unpaired) electrons. The summed E-state index contributed by atoms with van der Waals surface area (Å²) in [5.74, 6) is -0.0985. The second-order valence-electron chi connectivity index (χ2n) is 5.45. The topological polar surface area (TPSA) is 38.0 Å². The SMILES string of the molecule is C=C1NCc2c1ccc(C)c2F.NC1CCCCC1. The van der Waals surface area contributed by atoms with E-state index in [1.54, 1.807) is 13.0 Å². The van der Waals surface area contributed by atoms with Gasteiger partial charge in [0.05, 0.1) is 0 Å². The van der Waals surface area contributed by atoms with Gasteiger partial charge in [-0.1, -0.05) is 38.0 Å². The van der Waals surface area contributed by atoms with Gasteiger partial charge in [-0.2, -0.15) is 0 Å². The van der Waals surface area contributed by atoms with Crippen LogP contribution in [0.5, 0.6) is 0 Å². The molecule has 2 aliphatic rings. The zero-order valence-electron chi connectivity index (χ0n) is 11.6. The van der Waals surface area contributed by atoms with E-state index < -0.39 is 0 Å². The molecule has 0 amide bonds. The third kappa shape index (κ3) is 3.35. The number of nitrogens with one attached hydrogen (secondary N) is 1. The minimum Gasteiger partial charge on any atom is -0.381 e. The highest BCUT2D eigenvalue weighted by Gasteiger charge is 2.18. The van der Waals surface area contributed by atoms with E-state index in [4.69, 9.17) is 5.73 Å². The van der Waals surface area contributed by atoms with Gasteiger partial charge in [-0.05, 0) is 25.3 Å². The summed E-state index contributed by atoms with van der Waals surface area (Å²) in [6.07, 6.45) is 6.66. The van der Waals surface area contributed by atoms with E-state index >= 15 is 0 Å². The Hall–Kier alpha value is -1.35. The van der Waals surface area contributed by atoms with Crippen LogP contribution in [0, 0.1) is 12.7 Å². The number of hydrogen-bond acceptors (Lipinski definition) is 2. The molecule has 0 saturated heterocycles. The second-order valence-corrected chi connectivity index (χ2v) is 5.45. The van der Waals surface area contributed by atoms with Gasteiger partial charge in [0.25, 0.3) is 0 Å². The van der Waals surface area contributed by atoms with Crippen molar-refractivity contribution in [1.29, 1.82) is 0 Å². The summed E-state index contributed by atoms with van der Waals surface area (Å²) in [7, 11) is 0. The van der Waals surface area contributed by atoms with Gasteiger partial charge >= 0.3 is 0 Å². The smallest absolute Gasteiger partial charge is 0.131 e. The van der Waals surface area contributed by atoms with Crippen molar-refractivity contribution in [2.24, 2.45) is 5.73 Å². The van der Waals surface area contributed by atoms with Crippen molar-refractivity contribution in [3.63, 3.8) is 0 Å². The van der Waals surface area contributed by atoms with Crippen LogP contribution >= 0.6 is 0 Å². The van der Waals surface area contributed by atoms with Crippen LogP contribution in [0.25, 0.3) is 5.70 Å². The zero-order valence-corrected chi connectivity index (χ0v) is 11.6. The molecule has 104 valence electrons. The Balaban J connectivity index is 0.000000163. The minimum absolute atomic E-state index is 0.0985. The minimum atomic E-state index is -0.0985. The Bertz CT molecular complexity index is 462. The van der Waals surface area contributed by atoms with Gasteiger partial charge in [0.1, 0.15) is 5.82 Å². The van der Waals surface area contributed by atoms with Gasteiger partial charge in [-0.15, -0.1) is 0 Å². The maximum atomic E-state index is 13.4.